The zero-order valence-corrected chi connectivity index (χ0v) is 15.8. The Morgan fingerprint density at radius 1 is 1.11 bits per heavy atom. The van der Waals surface area contributed by atoms with Crippen LogP contribution in [0.4, 0.5) is 8.78 Å². The SMILES string of the molecule is COC(=O)C1(C(F)(F)S(=O)(=O)c2ccccc2)Cc2ccc(OC)cc2C1=O. The third-order valence-corrected chi connectivity index (χ3v) is 6.74. The molecule has 148 valence electrons. The van der Waals surface area contributed by atoms with E-state index >= 15 is 8.78 Å². The topological polar surface area (TPSA) is 86.7 Å². The molecule has 0 N–H and O–H groups in total. The van der Waals surface area contributed by atoms with Crippen molar-refractivity contribution in [1.82, 2.24) is 0 Å². The number of esters is 1. The molecule has 0 saturated carbocycles. The number of sulfone groups is 1. The maximum atomic E-state index is 15.5. The van der Waals surface area contributed by atoms with E-state index < -0.39 is 43.6 Å². The Morgan fingerprint density at radius 2 is 1.75 bits per heavy atom. The van der Waals surface area contributed by atoms with Gasteiger partial charge in [-0.15, -0.1) is 0 Å². The van der Waals surface area contributed by atoms with Crippen molar-refractivity contribution in [3.05, 3.63) is 59.7 Å². The number of Topliss-reactive ketones (excluding diaryl/α,β-unsaturated/α-hetero) is 1. The van der Waals surface area contributed by atoms with Gasteiger partial charge >= 0.3 is 11.2 Å². The van der Waals surface area contributed by atoms with E-state index in [0.717, 1.165) is 19.2 Å². The number of carbonyl (C=O) groups is 2. The molecule has 0 aromatic heterocycles. The van der Waals surface area contributed by atoms with Crippen LogP contribution in [0.25, 0.3) is 0 Å². The Kier molecular flexibility index (Phi) is 4.74. The fraction of sp³-hybridized carbons (Fsp3) is 0.263. The second kappa shape index (κ2) is 6.66. The standard InChI is InChI=1S/C19H16F2O6S/c1-26-13-9-8-12-11-18(17(23)27-2,16(22)15(12)10-13)19(20,21)28(24,25)14-6-4-3-5-7-14/h3-10H,11H2,1-2H3. The van der Waals surface area contributed by atoms with Gasteiger partial charge in [-0.1, -0.05) is 24.3 Å². The highest BCUT2D eigenvalue weighted by Crippen LogP contribution is 2.53. The molecule has 0 spiro atoms. The lowest BCUT2D eigenvalue weighted by molar-refractivity contribution is -0.161. The smallest absolute Gasteiger partial charge is 0.373 e. The molecular weight excluding hydrogens is 394 g/mol. The van der Waals surface area contributed by atoms with Crippen LogP contribution in [-0.2, 0) is 25.8 Å². The first-order valence-corrected chi connectivity index (χ1v) is 9.59. The number of alkyl halides is 2. The van der Waals surface area contributed by atoms with E-state index in [-0.39, 0.29) is 16.9 Å². The van der Waals surface area contributed by atoms with Gasteiger partial charge < -0.3 is 9.47 Å². The summed E-state index contributed by atoms with van der Waals surface area (Å²) in [6.45, 7) is 0. The first kappa shape index (κ1) is 19.9. The molecule has 1 aliphatic rings. The average molecular weight is 410 g/mol. The number of rotatable bonds is 5. The van der Waals surface area contributed by atoms with Crippen molar-refractivity contribution in [2.24, 2.45) is 5.41 Å². The lowest BCUT2D eigenvalue weighted by Gasteiger charge is -2.32. The Morgan fingerprint density at radius 3 is 2.32 bits per heavy atom. The fourth-order valence-electron chi connectivity index (χ4n) is 3.31. The third kappa shape index (κ3) is 2.53. The van der Waals surface area contributed by atoms with Crippen LogP contribution in [0, 0.1) is 5.41 Å². The molecule has 28 heavy (non-hydrogen) atoms. The van der Waals surface area contributed by atoms with Crippen LogP contribution in [0.5, 0.6) is 5.75 Å². The maximum absolute atomic E-state index is 15.5. The van der Waals surface area contributed by atoms with Gasteiger partial charge in [-0.3, -0.25) is 9.59 Å². The van der Waals surface area contributed by atoms with E-state index in [0.29, 0.717) is 0 Å². The van der Waals surface area contributed by atoms with Gasteiger partial charge in [0.05, 0.1) is 19.1 Å². The summed E-state index contributed by atoms with van der Waals surface area (Å²) < 4.78 is 66.1. The van der Waals surface area contributed by atoms with Crippen molar-refractivity contribution in [2.45, 2.75) is 16.6 Å². The molecule has 0 fully saturated rings. The van der Waals surface area contributed by atoms with E-state index in [1.54, 1.807) is 0 Å². The van der Waals surface area contributed by atoms with Crippen LogP contribution in [-0.4, -0.2) is 39.6 Å². The van der Waals surface area contributed by atoms with E-state index in [1.165, 1.54) is 43.5 Å². The predicted molar refractivity (Wildman–Crippen MR) is 94.1 cm³/mol. The molecule has 1 unspecified atom stereocenters. The summed E-state index contributed by atoms with van der Waals surface area (Å²) in [5.74, 6) is -2.73. The molecule has 0 aliphatic heterocycles. The van der Waals surface area contributed by atoms with Crippen LogP contribution < -0.4 is 4.74 Å². The number of methoxy groups -OCH3 is 2. The number of benzene rings is 2. The maximum Gasteiger partial charge on any atom is 0.373 e. The van der Waals surface area contributed by atoms with Crippen molar-refractivity contribution >= 4 is 21.6 Å². The molecule has 1 atom stereocenters. The summed E-state index contributed by atoms with van der Waals surface area (Å²) in [5, 5.41) is -4.75. The molecule has 6 nitrogen and oxygen atoms in total. The van der Waals surface area contributed by atoms with Crippen molar-refractivity contribution in [3.63, 3.8) is 0 Å². The van der Waals surface area contributed by atoms with E-state index in [1.807, 2.05) is 0 Å². The summed E-state index contributed by atoms with van der Waals surface area (Å²) in [4.78, 5) is 24.8. The molecule has 0 radical (unpaired) electrons. The molecule has 2 aromatic rings. The minimum atomic E-state index is -5.39. The summed E-state index contributed by atoms with van der Waals surface area (Å²) in [5.41, 5.74) is -3.32. The minimum absolute atomic E-state index is 0.110. The van der Waals surface area contributed by atoms with Gasteiger partial charge in [0.2, 0.25) is 15.3 Å². The normalized spacial score (nSPS) is 19.2. The highest BCUT2D eigenvalue weighted by Gasteiger charge is 2.74. The first-order chi connectivity index (χ1) is 13.1. The highest BCUT2D eigenvalue weighted by molar-refractivity contribution is 7.92. The summed E-state index contributed by atoms with van der Waals surface area (Å²) in [6, 6.07) is 9.93. The molecule has 0 saturated heterocycles. The number of ether oxygens (including phenoxy) is 2. The van der Waals surface area contributed by atoms with Crippen LogP contribution >= 0.6 is 0 Å². The number of hydrogen-bond donors (Lipinski definition) is 0. The number of carbonyl (C=O) groups excluding carboxylic acids is 2. The second-order valence-electron chi connectivity index (χ2n) is 6.26. The van der Waals surface area contributed by atoms with Crippen LogP contribution in [0.15, 0.2) is 53.4 Å². The van der Waals surface area contributed by atoms with Crippen molar-refractivity contribution in [1.29, 1.82) is 0 Å². The van der Waals surface area contributed by atoms with E-state index in [2.05, 4.69) is 4.74 Å². The van der Waals surface area contributed by atoms with Gasteiger partial charge in [0.15, 0.2) is 5.78 Å². The monoisotopic (exact) mass is 410 g/mol. The molecule has 0 amide bonds. The van der Waals surface area contributed by atoms with Crippen LogP contribution in [0.3, 0.4) is 0 Å². The Bertz CT molecular complexity index is 1050. The molecule has 3 rings (SSSR count). The average Bonchev–Trinajstić information content (AvgIpc) is 3.01. The van der Waals surface area contributed by atoms with Crippen molar-refractivity contribution < 1.29 is 36.3 Å². The van der Waals surface area contributed by atoms with Crippen molar-refractivity contribution in [3.8, 4) is 5.75 Å². The second-order valence-corrected chi connectivity index (χ2v) is 8.25. The Balaban J connectivity index is 2.24. The van der Waals surface area contributed by atoms with Crippen LogP contribution in [0.1, 0.15) is 15.9 Å². The lowest BCUT2D eigenvalue weighted by Crippen LogP contribution is -2.56. The molecule has 1 aliphatic carbocycles. The lowest BCUT2D eigenvalue weighted by atomic mass is 9.83. The summed E-state index contributed by atoms with van der Waals surface area (Å²) in [6.07, 6.45) is -0.809. The summed E-state index contributed by atoms with van der Waals surface area (Å²) in [7, 11) is -3.24. The van der Waals surface area contributed by atoms with Crippen molar-refractivity contribution in [2.75, 3.05) is 14.2 Å². The van der Waals surface area contributed by atoms with Gasteiger partial charge in [0.1, 0.15) is 5.75 Å². The number of ketones is 1. The quantitative estimate of drug-likeness (QED) is 0.556. The molecule has 2 aromatic carbocycles. The zero-order chi connectivity index (χ0) is 20.7. The van der Waals surface area contributed by atoms with E-state index in [4.69, 9.17) is 4.74 Å². The predicted octanol–water partition coefficient (Wildman–Crippen LogP) is 2.66. The first-order valence-electron chi connectivity index (χ1n) is 8.11. The zero-order valence-electron chi connectivity index (χ0n) is 14.9. The molecule has 0 heterocycles. The molecule has 9 heteroatoms. The van der Waals surface area contributed by atoms with Gasteiger partial charge in [0.25, 0.3) is 0 Å². The largest absolute Gasteiger partial charge is 0.497 e. The minimum Gasteiger partial charge on any atom is -0.497 e. The van der Waals surface area contributed by atoms with Gasteiger partial charge in [0, 0.05) is 12.0 Å². The number of hydrogen-bond acceptors (Lipinski definition) is 6. The van der Waals surface area contributed by atoms with Crippen LogP contribution in [0.2, 0.25) is 0 Å². The van der Waals surface area contributed by atoms with Gasteiger partial charge in [-0.2, -0.15) is 8.78 Å². The third-order valence-electron chi connectivity index (χ3n) is 4.83. The Hall–Kier alpha value is -2.81. The Labute approximate surface area is 160 Å². The fourth-order valence-corrected chi connectivity index (χ4v) is 4.83. The van der Waals surface area contributed by atoms with E-state index in [9.17, 15) is 18.0 Å². The highest BCUT2D eigenvalue weighted by atomic mass is 32.2. The molecular formula is C19H16F2O6S. The summed E-state index contributed by atoms with van der Waals surface area (Å²) >= 11 is 0. The number of fused-ring (bicyclic) bond motifs is 1. The molecule has 0 bridgehead atoms. The van der Waals surface area contributed by atoms with Gasteiger partial charge in [-0.25, -0.2) is 8.42 Å². The number of halogens is 2. The van der Waals surface area contributed by atoms with Gasteiger partial charge in [-0.05, 0) is 29.8 Å².